The molecule has 1 aromatic carbocycles. The average Bonchev–Trinajstić information content (AvgIpc) is 2.21. The van der Waals surface area contributed by atoms with Crippen molar-refractivity contribution in [2.75, 3.05) is 12.4 Å². The maximum Gasteiger partial charge on any atom is 0.227 e. The Hall–Kier alpha value is -1.55. The summed E-state index contributed by atoms with van der Waals surface area (Å²) in [4.78, 5) is 11.7. The van der Waals surface area contributed by atoms with Crippen LogP contribution in [-0.4, -0.2) is 23.7 Å². The van der Waals surface area contributed by atoms with Crippen LogP contribution in [0.15, 0.2) is 18.2 Å². The lowest BCUT2D eigenvalue weighted by Gasteiger charge is -2.22. The molecule has 0 saturated heterocycles. The highest BCUT2D eigenvalue weighted by atomic mass is 16.5. The second-order valence-corrected chi connectivity index (χ2v) is 4.71. The Morgan fingerprint density at radius 2 is 2.12 bits per heavy atom. The van der Waals surface area contributed by atoms with Gasteiger partial charge in [0.05, 0.1) is 17.7 Å². The highest BCUT2D eigenvalue weighted by Crippen LogP contribution is 2.24. The minimum atomic E-state index is -0.510. The third-order valence-electron chi connectivity index (χ3n) is 2.57. The van der Waals surface area contributed by atoms with E-state index in [2.05, 4.69) is 5.32 Å². The van der Waals surface area contributed by atoms with Crippen LogP contribution in [0, 0.1) is 6.92 Å². The van der Waals surface area contributed by atoms with Crippen molar-refractivity contribution in [3.8, 4) is 5.75 Å². The zero-order valence-electron chi connectivity index (χ0n) is 10.7. The van der Waals surface area contributed by atoms with Gasteiger partial charge in [-0.05, 0) is 38.5 Å². The van der Waals surface area contributed by atoms with Crippen molar-refractivity contribution in [3.05, 3.63) is 23.8 Å². The fraction of sp³-hybridized carbons (Fsp3) is 0.462. The summed E-state index contributed by atoms with van der Waals surface area (Å²) >= 11 is 0. The van der Waals surface area contributed by atoms with Gasteiger partial charge in [0.2, 0.25) is 5.91 Å². The summed E-state index contributed by atoms with van der Waals surface area (Å²) in [5.74, 6) is -0.107. The molecule has 0 bridgehead atoms. The Morgan fingerprint density at radius 1 is 1.47 bits per heavy atom. The number of rotatable bonds is 4. The SMILES string of the molecule is COC(C)(C)CC(=O)Nc1ccc(C)cc1O. The molecule has 0 unspecified atom stereocenters. The number of phenols is 1. The molecule has 0 aliphatic carbocycles. The molecule has 0 atom stereocenters. The molecule has 4 nitrogen and oxygen atoms in total. The van der Waals surface area contributed by atoms with Gasteiger partial charge in [0.25, 0.3) is 0 Å². The summed E-state index contributed by atoms with van der Waals surface area (Å²) in [6, 6.07) is 5.12. The summed E-state index contributed by atoms with van der Waals surface area (Å²) in [7, 11) is 1.57. The Bertz CT molecular complexity index is 413. The van der Waals surface area contributed by atoms with Gasteiger partial charge in [-0.3, -0.25) is 4.79 Å². The van der Waals surface area contributed by atoms with Crippen LogP contribution in [0.1, 0.15) is 25.8 Å². The molecule has 0 spiro atoms. The van der Waals surface area contributed by atoms with Crippen LogP contribution in [0.2, 0.25) is 0 Å². The fourth-order valence-electron chi connectivity index (χ4n) is 1.40. The van der Waals surface area contributed by atoms with E-state index in [-0.39, 0.29) is 18.1 Å². The first kappa shape index (κ1) is 13.5. The largest absolute Gasteiger partial charge is 0.506 e. The van der Waals surface area contributed by atoms with Crippen LogP contribution in [0.3, 0.4) is 0 Å². The van der Waals surface area contributed by atoms with E-state index in [1.165, 1.54) is 0 Å². The number of phenolic OH excluding ortho intramolecular Hbond substituents is 1. The Balaban J connectivity index is 2.69. The standard InChI is InChI=1S/C13H19NO3/c1-9-5-6-10(11(15)7-9)14-12(16)8-13(2,3)17-4/h5-7,15H,8H2,1-4H3,(H,14,16). The van der Waals surface area contributed by atoms with Gasteiger partial charge in [-0.2, -0.15) is 0 Å². The number of hydrogen-bond donors (Lipinski definition) is 2. The smallest absolute Gasteiger partial charge is 0.227 e. The molecule has 1 rings (SSSR count). The number of hydrogen-bond acceptors (Lipinski definition) is 3. The molecule has 0 aliphatic heterocycles. The maximum atomic E-state index is 11.7. The number of amides is 1. The topological polar surface area (TPSA) is 58.6 Å². The lowest BCUT2D eigenvalue weighted by molar-refractivity contribution is -0.121. The van der Waals surface area contributed by atoms with Gasteiger partial charge in [-0.25, -0.2) is 0 Å². The van der Waals surface area contributed by atoms with Crippen LogP contribution >= 0.6 is 0 Å². The molecule has 0 aromatic heterocycles. The van der Waals surface area contributed by atoms with E-state index in [9.17, 15) is 9.90 Å². The monoisotopic (exact) mass is 237 g/mol. The number of carbonyl (C=O) groups is 1. The van der Waals surface area contributed by atoms with Gasteiger partial charge >= 0.3 is 0 Å². The van der Waals surface area contributed by atoms with Crippen LogP contribution < -0.4 is 5.32 Å². The van der Waals surface area contributed by atoms with Gasteiger partial charge in [-0.15, -0.1) is 0 Å². The summed E-state index contributed by atoms with van der Waals surface area (Å²) < 4.78 is 5.17. The van der Waals surface area contributed by atoms with E-state index in [4.69, 9.17) is 4.74 Å². The quantitative estimate of drug-likeness (QED) is 0.791. The van der Waals surface area contributed by atoms with E-state index < -0.39 is 5.60 Å². The fourth-order valence-corrected chi connectivity index (χ4v) is 1.40. The first-order valence-corrected chi connectivity index (χ1v) is 5.49. The molecule has 0 heterocycles. The second-order valence-electron chi connectivity index (χ2n) is 4.71. The minimum Gasteiger partial charge on any atom is -0.506 e. The van der Waals surface area contributed by atoms with Crippen molar-refractivity contribution in [2.24, 2.45) is 0 Å². The number of ether oxygens (including phenoxy) is 1. The minimum absolute atomic E-state index is 0.0774. The third kappa shape index (κ3) is 4.07. The number of methoxy groups -OCH3 is 1. The highest BCUT2D eigenvalue weighted by Gasteiger charge is 2.21. The highest BCUT2D eigenvalue weighted by molar-refractivity contribution is 5.92. The summed E-state index contributed by atoms with van der Waals surface area (Å²) in [5, 5.41) is 12.3. The first-order valence-electron chi connectivity index (χ1n) is 5.49. The molecule has 0 saturated carbocycles. The number of carbonyl (C=O) groups excluding carboxylic acids is 1. The molecule has 94 valence electrons. The third-order valence-corrected chi connectivity index (χ3v) is 2.57. The molecule has 1 aromatic rings. The van der Waals surface area contributed by atoms with Crippen LogP contribution in [0.25, 0.3) is 0 Å². The predicted molar refractivity (Wildman–Crippen MR) is 67.2 cm³/mol. The van der Waals surface area contributed by atoms with Gasteiger partial charge in [0, 0.05) is 7.11 Å². The lowest BCUT2D eigenvalue weighted by Crippen LogP contribution is -2.29. The number of aromatic hydroxyl groups is 1. The maximum absolute atomic E-state index is 11.7. The van der Waals surface area contributed by atoms with Crippen molar-refractivity contribution in [1.29, 1.82) is 0 Å². The number of aryl methyl sites for hydroxylation is 1. The summed E-state index contributed by atoms with van der Waals surface area (Å²) in [5.41, 5.74) is 0.856. The number of anilines is 1. The zero-order chi connectivity index (χ0) is 13.1. The first-order chi connectivity index (χ1) is 7.84. The zero-order valence-corrected chi connectivity index (χ0v) is 10.7. The summed E-state index contributed by atoms with van der Waals surface area (Å²) in [6.07, 6.45) is 0.233. The number of nitrogens with one attached hydrogen (secondary N) is 1. The molecular formula is C13H19NO3. The molecule has 4 heteroatoms. The molecule has 17 heavy (non-hydrogen) atoms. The van der Waals surface area contributed by atoms with Crippen molar-refractivity contribution in [3.63, 3.8) is 0 Å². The van der Waals surface area contributed by atoms with Gasteiger partial charge < -0.3 is 15.2 Å². The molecule has 2 N–H and O–H groups in total. The van der Waals surface area contributed by atoms with Gasteiger partial charge in [0.1, 0.15) is 5.75 Å². The van der Waals surface area contributed by atoms with Gasteiger partial charge in [-0.1, -0.05) is 6.07 Å². The van der Waals surface area contributed by atoms with Crippen LogP contribution in [-0.2, 0) is 9.53 Å². The van der Waals surface area contributed by atoms with E-state index in [1.54, 1.807) is 19.2 Å². The number of benzene rings is 1. The van der Waals surface area contributed by atoms with E-state index >= 15 is 0 Å². The molecule has 0 aliphatic rings. The van der Waals surface area contributed by atoms with Crippen molar-refractivity contribution in [2.45, 2.75) is 32.8 Å². The van der Waals surface area contributed by atoms with E-state index in [0.29, 0.717) is 5.69 Å². The second kappa shape index (κ2) is 5.19. The normalized spacial score (nSPS) is 11.3. The molecular weight excluding hydrogens is 218 g/mol. The average molecular weight is 237 g/mol. The van der Waals surface area contributed by atoms with E-state index in [0.717, 1.165) is 5.56 Å². The Morgan fingerprint density at radius 3 is 2.65 bits per heavy atom. The van der Waals surface area contributed by atoms with Crippen LogP contribution in [0.4, 0.5) is 5.69 Å². The van der Waals surface area contributed by atoms with Crippen LogP contribution in [0.5, 0.6) is 5.75 Å². The Labute approximate surface area is 102 Å². The van der Waals surface area contributed by atoms with Crippen molar-refractivity contribution < 1.29 is 14.6 Å². The van der Waals surface area contributed by atoms with E-state index in [1.807, 2.05) is 26.8 Å². The molecule has 0 fully saturated rings. The van der Waals surface area contributed by atoms with Crippen molar-refractivity contribution >= 4 is 11.6 Å². The molecule has 1 amide bonds. The lowest BCUT2D eigenvalue weighted by atomic mass is 10.0. The molecule has 0 radical (unpaired) electrons. The Kier molecular flexibility index (Phi) is 4.12. The van der Waals surface area contributed by atoms with Gasteiger partial charge in [0.15, 0.2) is 0 Å². The van der Waals surface area contributed by atoms with Crippen molar-refractivity contribution in [1.82, 2.24) is 0 Å². The summed E-state index contributed by atoms with van der Waals surface area (Å²) in [6.45, 7) is 5.54. The predicted octanol–water partition coefficient (Wildman–Crippen LogP) is 2.45.